The third-order valence-electron chi connectivity index (χ3n) is 3.05. The fraction of sp³-hybridized carbons (Fsp3) is 0.909. The summed E-state index contributed by atoms with van der Waals surface area (Å²) in [5.74, 6) is 1.59. The molecule has 0 aliphatic carbocycles. The topological polar surface area (TPSA) is 64.9 Å². The first-order valence-corrected chi connectivity index (χ1v) is 6.32. The van der Waals surface area contributed by atoms with E-state index < -0.39 is 0 Å². The normalized spacial score (nSPS) is 20.3. The van der Waals surface area contributed by atoms with Crippen LogP contribution >= 0.6 is 0 Å². The zero-order valence-corrected chi connectivity index (χ0v) is 10.6. The second-order valence-electron chi connectivity index (χ2n) is 4.87. The molecule has 6 nitrogen and oxygen atoms in total. The number of nitrogens with one attached hydrogen (secondary N) is 1. The molecule has 0 radical (unpaired) electrons. The number of nitrogens with zero attached hydrogens (tertiary/aromatic N) is 4. The van der Waals surface area contributed by atoms with Crippen LogP contribution < -0.4 is 5.32 Å². The average Bonchev–Trinajstić information content (AvgIpc) is 2.95. The van der Waals surface area contributed by atoms with E-state index >= 15 is 0 Å². The lowest BCUT2D eigenvalue weighted by atomic mass is 10.1. The molecular weight excluding hydrogens is 218 g/mol. The lowest BCUT2D eigenvalue weighted by Crippen LogP contribution is -2.24. The molecule has 1 aliphatic heterocycles. The molecule has 2 heterocycles. The third-order valence-corrected chi connectivity index (χ3v) is 3.05. The smallest absolute Gasteiger partial charge is 0.165 e. The van der Waals surface area contributed by atoms with Crippen molar-refractivity contribution in [2.75, 3.05) is 13.2 Å². The van der Waals surface area contributed by atoms with Crippen molar-refractivity contribution in [2.45, 2.75) is 45.8 Å². The molecule has 96 valence electrons. The van der Waals surface area contributed by atoms with Gasteiger partial charge < -0.3 is 10.1 Å². The van der Waals surface area contributed by atoms with Crippen LogP contribution in [0.15, 0.2) is 0 Å². The zero-order chi connectivity index (χ0) is 12.1. The van der Waals surface area contributed by atoms with E-state index in [1.807, 2.05) is 4.68 Å². The average molecular weight is 239 g/mol. The van der Waals surface area contributed by atoms with Crippen molar-refractivity contribution in [1.82, 2.24) is 25.5 Å². The summed E-state index contributed by atoms with van der Waals surface area (Å²) in [4.78, 5) is 0. The summed E-state index contributed by atoms with van der Waals surface area (Å²) >= 11 is 0. The maximum Gasteiger partial charge on any atom is 0.165 e. The van der Waals surface area contributed by atoms with Crippen LogP contribution in [-0.4, -0.2) is 39.5 Å². The van der Waals surface area contributed by atoms with Crippen molar-refractivity contribution in [3.8, 4) is 0 Å². The maximum absolute atomic E-state index is 5.36. The van der Waals surface area contributed by atoms with Crippen molar-refractivity contribution in [2.24, 2.45) is 5.92 Å². The van der Waals surface area contributed by atoms with E-state index in [1.165, 1.54) is 6.42 Å². The van der Waals surface area contributed by atoms with E-state index in [4.69, 9.17) is 4.74 Å². The second-order valence-corrected chi connectivity index (χ2v) is 4.87. The first-order chi connectivity index (χ1) is 8.25. The summed E-state index contributed by atoms with van der Waals surface area (Å²) in [6.45, 7) is 7.64. The highest BCUT2D eigenvalue weighted by Gasteiger charge is 2.16. The molecule has 1 atom stereocenters. The first kappa shape index (κ1) is 12.4. The Bertz CT molecular complexity index is 332. The highest BCUT2D eigenvalue weighted by Crippen LogP contribution is 2.16. The molecule has 1 N–H and O–H groups in total. The molecule has 2 rings (SSSR count). The number of aryl methyl sites for hydroxylation is 1. The molecule has 0 aromatic carbocycles. The molecule has 1 aromatic rings. The Hall–Kier alpha value is -1.01. The summed E-state index contributed by atoms with van der Waals surface area (Å²) in [6, 6.07) is 0.448. The summed E-state index contributed by atoms with van der Waals surface area (Å²) in [7, 11) is 0. The number of hydrogen-bond acceptors (Lipinski definition) is 5. The van der Waals surface area contributed by atoms with Crippen LogP contribution in [0.2, 0.25) is 0 Å². The van der Waals surface area contributed by atoms with Crippen LogP contribution in [0.25, 0.3) is 0 Å². The lowest BCUT2D eigenvalue weighted by molar-refractivity contribution is 0.182. The van der Waals surface area contributed by atoms with E-state index in [-0.39, 0.29) is 0 Å². The SMILES string of the molecule is CC(C)NCc1nnnn1CCC1CCOC1. The Morgan fingerprint density at radius 1 is 1.53 bits per heavy atom. The van der Waals surface area contributed by atoms with Gasteiger partial charge in [-0.15, -0.1) is 5.10 Å². The monoisotopic (exact) mass is 239 g/mol. The molecule has 1 fully saturated rings. The van der Waals surface area contributed by atoms with Gasteiger partial charge in [-0.2, -0.15) is 0 Å². The van der Waals surface area contributed by atoms with E-state index in [0.29, 0.717) is 12.0 Å². The van der Waals surface area contributed by atoms with Crippen LogP contribution in [0.4, 0.5) is 0 Å². The molecule has 1 saturated heterocycles. The Balaban J connectivity index is 1.80. The Morgan fingerprint density at radius 3 is 3.12 bits per heavy atom. The first-order valence-electron chi connectivity index (χ1n) is 6.32. The molecule has 1 aromatic heterocycles. The predicted molar refractivity (Wildman–Crippen MR) is 63.3 cm³/mol. The van der Waals surface area contributed by atoms with Gasteiger partial charge in [-0.3, -0.25) is 0 Å². The fourth-order valence-corrected chi connectivity index (χ4v) is 1.93. The molecule has 1 unspecified atom stereocenters. The quantitative estimate of drug-likeness (QED) is 0.787. The largest absolute Gasteiger partial charge is 0.381 e. The summed E-state index contributed by atoms with van der Waals surface area (Å²) in [5, 5.41) is 15.1. The van der Waals surface area contributed by atoms with Gasteiger partial charge in [0, 0.05) is 25.8 Å². The van der Waals surface area contributed by atoms with Crippen LogP contribution in [0.3, 0.4) is 0 Å². The van der Waals surface area contributed by atoms with Crippen molar-refractivity contribution in [3.63, 3.8) is 0 Å². The van der Waals surface area contributed by atoms with E-state index in [1.54, 1.807) is 0 Å². The van der Waals surface area contributed by atoms with Gasteiger partial charge in [0.2, 0.25) is 0 Å². The number of aromatic nitrogens is 4. The van der Waals surface area contributed by atoms with E-state index in [2.05, 4.69) is 34.7 Å². The van der Waals surface area contributed by atoms with Crippen LogP contribution in [-0.2, 0) is 17.8 Å². The number of hydrogen-bond donors (Lipinski definition) is 1. The van der Waals surface area contributed by atoms with Gasteiger partial charge in [0.15, 0.2) is 5.82 Å². The minimum atomic E-state index is 0.448. The van der Waals surface area contributed by atoms with Gasteiger partial charge in [0.1, 0.15) is 0 Å². The number of tetrazole rings is 1. The number of ether oxygens (including phenoxy) is 1. The van der Waals surface area contributed by atoms with Gasteiger partial charge in [0.25, 0.3) is 0 Å². The van der Waals surface area contributed by atoms with Crippen molar-refractivity contribution in [1.29, 1.82) is 0 Å². The summed E-state index contributed by atoms with van der Waals surface area (Å²) in [6.07, 6.45) is 2.27. The minimum Gasteiger partial charge on any atom is -0.381 e. The second kappa shape index (κ2) is 6.07. The molecule has 0 bridgehead atoms. The van der Waals surface area contributed by atoms with Crippen LogP contribution in [0.1, 0.15) is 32.5 Å². The summed E-state index contributed by atoms with van der Waals surface area (Å²) < 4.78 is 7.26. The van der Waals surface area contributed by atoms with Crippen LogP contribution in [0.5, 0.6) is 0 Å². The summed E-state index contributed by atoms with van der Waals surface area (Å²) in [5.41, 5.74) is 0. The third kappa shape index (κ3) is 3.74. The Kier molecular flexibility index (Phi) is 4.44. The van der Waals surface area contributed by atoms with Gasteiger partial charge in [-0.25, -0.2) is 4.68 Å². The molecule has 0 amide bonds. The predicted octanol–water partition coefficient (Wildman–Crippen LogP) is 0.598. The molecule has 1 aliphatic rings. The fourth-order valence-electron chi connectivity index (χ4n) is 1.93. The van der Waals surface area contributed by atoms with Gasteiger partial charge in [0.05, 0.1) is 6.54 Å². The lowest BCUT2D eigenvalue weighted by Gasteiger charge is -2.10. The minimum absolute atomic E-state index is 0.448. The Morgan fingerprint density at radius 2 is 2.41 bits per heavy atom. The van der Waals surface area contributed by atoms with Gasteiger partial charge >= 0.3 is 0 Å². The van der Waals surface area contributed by atoms with Gasteiger partial charge in [-0.05, 0) is 29.2 Å². The molecule has 0 saturated carbocycles. The van der Waals surface area contributed by atoms with Gasteiger partial charge in [-0.1, -0.05) is 13.8 Å². The van der Waals surface area contributed by atoms with Crippen molar-refractivity contribution >= 4 is 0 Å². The highest BCUT2D eigenvalue weighted by molar-refractivity contribution is 4.81. The highest BCUT2D eigenvalue weighted by atomic mass is 16.5. The van der Waals surface area contributed by atoms with E-state index in [9.17, 15) is 0 Å². The van der Waals surface area contributed by atoms with Crippen LogP contribution in [0, 0.1) is 5.92 Å². The molecule has 0 spiro atoms. The molecule has 6 heteroatoms. The molecular formula is C11H21N5O. The maximum atomic E-state index is 5.36. The van der Waals surface area contributed by atoms with E-state index in [0.717, 1.165) is 38.5 Å². The molecule has 17 heavy (non-hydrogen) atoms. The zero-order valence-electron chi connectivity index (χ0n) is 10.6. The Labute approximate surface area is 102 Å². The van der Waals surface area contributed by atoms with Crippen molar-refractivity contribution in [3.05, 3.63) is 5.82 Å². The van der Waals surface area contributed by atoms with Crippen molar-refractivity contribution < 1.29 is 4.74 Å². The number of rotatable bonds is 6. The standard InChI is InChI=1S/C11H21N5O/c1-9(2)12-7-11-13-14-15-16(11)5-3-10-4-6-17-8-10/h9-10,12H,3-8H2,1-2H3.